The van der Waals surface area contributed by atoms with Crippen molar-refractivity contribution in [2.24, 2.45) is 0 Å². The Hall–Kier alpha value is -2.76. The average molecular weight is 444 g/mol. The van der Waals surface area contributed by atoms with Crippen molar-refractivity contribution in [1.82, 2.24) is 9.47 Å². The number of amides is 2. The van der Waals surface area contributed by atoms with E-state index >= 15 is 0 Å². The van der Waals surface area contributed by atoms with Crippen molar-refractivity contribution in [3.63, 3.8) is 0 Å². The van der Waals surface area contributed by atoms with Crippen molar-refractivity contribution in [1.29, 1.82) is 0 Å². The van der Waals surface area contributed by atoms with Crippen LogP contribution in [0.5, 0.6) is 0 Å². The highest BCUT2D eigenvalue weighted by Crippen LogP contribution is 2.30. The topological polar surface area (TPSA) is 54.3 Å². The minimum atomic E-state index is -0.381. The number of likely N-dealkylation sites (N-methyl/N-ethyl adjacent to an activating group) is 1. The zero-order chi connectivity index (χ0) is 22.0. The number of nitrogens with one attached hydrogen (secondary N) is 1. The number of aromatic nitrogens is 1. The van der Waals surface area contributed by atoms with Crippen LogP contribution in [0.2, 0.25) is 10.0 Å². The van der Waals surface area contributed by atoms with Crippen LogP contribution in [-0.4, -0.2) is 34.9 Å². The van der Waals surface area contributed by atoms with Crippen molar-refractivity contribution >= 4 is 40.7 Å². The maximum absolute atomic E-state index is 13.0. The number of nitrogens with zero attached hydrogens (tertiary/aromatic N) is 2. The highest BCUT2D eigenvalue weighted by atomic mass is 35.5. The molecule has 1 N–H and O–H groups in total. The van der Waals surface area contributed by atoms with Crippen LogP contribution in [0.25, 0.3) is 5.69 Å². The Morgan fingerprint density at radius 2 is 1.63 bits per heavy atom. The summed E-state index contributed by atoms with van der Waals surface area (Å²) in [5, 5.41) is 3.36. The molecule has 0 spiro atoms. The second kappa shape index (κ2) is 8.94. The van der Waals surface area contributed by atoms with Crippen LogP contribution in [-0.2, 0) is 4.79 Å². The number of halogens is 2. The van der Waals surface area contributed by atoms with Gasteiger partial charge in [-0.25, -0.2) is 0 Å². The summed E-state index contributed by atoms with van der Waals surface area (Å²) in [5.74, 6) is -0.614. The minimum absolute atomic E-state index is 0.131. The van der Waals surface area contributed by atoms with Crippen LogP contribution in [0.4, 0.5) is 5.69 Å². The van der Waals surface area contributed by atoms with E-state index in [1.165, 1.54) is 4.90 Å². The van der Waals surface area contributed by atoms with Crippen molar-refractivity contribution in [2.45, 2.75) is 20.8 Å². The Balaban J connectivity index is 1.79. The second-order valence-electron chi connectivity index (χ2n) is 7.21. The number of hydrogen-bond donors (Lipinski definition) is 1. The molecule has 1 heterocycles. The lowest BCUT2D eigenvalue weighted by atomic mass is 10.2. The van der Waals surface area contributed by atoms with Gasteiger partial charge in [-0.1, -0.05) is 47.5 Å². The van der Waals surface area contributed by atoms with Gasteiger partial charge >= 0.3 is 0 Å². The summed E-state index contributed by atoms with van der Waals surface area (Å²) in [4.78, 5) is 26.9. The maximum atomic E-state index is 13.0. The van der Waals surface area contributed by atoms with E-state index in [4.69, 9.17) is 23.2 Å². The molecule has 0 aliphatic carbocycles. The van der Waals surface area contributed by atoms with Crippen LogP contribution in [0.15, 0.2) is 48.5 Å². The molecule has 0 bridgehead atoms. The van der Waals surface area contributed by atoms with E-state index in [1.807, 2.05) is 51.1 Å². The zero-order valence-corrected chi connectivity index (χ0v) is 18.8. The van der Waals surface area contributed by atoms with E-state index in [2.05, 4.69) is 9.88 Å². The number of hydrogen-bond acceptors (Lipinski definition) is 2. The lowest BCUT2D eigenvalue weighted by Crippen LogP contribution is -2.35. The number of benzene rings is 2. The smallest absolute Gasteiger partial charge is 0.255 e. The summed E-state index contributed by atoms with van der Waals surface area (Å²) in [5.41, 5.74) is 4.81. The number of carbonyl (C=O) groups excluding carboxylic acids is 2. The normalized spacial score (nSPS) is 10.7. The van der Waals surface area contributed by atoms with E-state index in [-0.39, 0.29) is 18.4 Å². The first-order chi connectivity index (χ1) is 14.2. The van der Waals surface area contributed by atoms with E-state index in [0.29, 0.717) is 21.3 Å². The molecule has 2 aromatic carbocycles. The van der Waals surface area contributed by atoms with Crippen LogP contribution in [0.1, 0.15) is 27.3 Å². The molecule has 0 aliphatic heterocycles. The predicted molar refractivity (Wildman–Crippen MR) is 122 cm³/mol. The highest BCUT2D eigenvalue weighted by Gasteiger charge is 2.22. The van der Waals surface area contributed by atoms with E-state index in [9.17, 15) is 9.59 Å². The van der Waals surface area contributed by atoms with Gasteiger partial charge in [0.1, 0.15) is 0 Å². The van der Waals surface area contributed by atoms with Gasteiger partial charge in [0.2, 0.25) is 5.91 Å². The van der Waals surface area contributed by atoms with Crippen LogP contribution in [0, 0.1) is 20.8 Å². The molecular formula is C23H23Cl2N3O2. The first-order valence-electron chi connectivity index (χ1n) is 9.45. The van der Waals surface area contributed by atoms with E-state index in [0.717, 1.165) is 22.6 Å². The Labute approximate surface area is 186 Å². The summed E-state index contributed by atoms with van der Waals surface area (Å²) >= 11 is 12.2. The fourth-order valence-corrected chi connectivity index (χ4v) is 3.95. The third-order valence-corrected chi connectivity index (χ3v) is 5.60. The summed E-state index contributed by atoms with van der Waals surface area (Å²) < 4.78 is 2.06. The molecule has 0 unspecified atom stereocenters. The molecule has 0 saturated heterocycles. The Morgan fingerprint density at radius 1 is 1.00 bits per heavy atom. The molecule has 156 valence electrons. The number of aryl methyl sites for hydroxylation is 2. The monoisotopic (exact) mass is 443 g/mol. The van der Waals surface area contributed by atoms with E-state index in [1.54, 1.807) is 25.2 Å². The summed E-state index contributed by atoms with van der Waals surface area (Å²) in [7, 11) is 1.59. The first-order valence-corrected chi connectivity index (χ1v) is 10.2. The van der Waals surface area contributed by atoms with Crippen molar-refractivity contribution < 1.29 is 9.59 Å². The molecule has 2 amide bonds. The lowest BCUT2D eigenvalue weighted by Gasteiger charge is -2.18. The highest BCUT2D eigenvalue weighted by molar-refractivity contribution is 6.39. The predicted octanol–water partition coefficient (Wildman–Crippen LogP) is 5.42. The molecule has 0 aliphatic rings. The summed E-state index contributed by atoms with van der Waals surface area (Å²) in [6.07, 6.45) is 0. The fourth-order valence-electron chi connectivity index (χ4n) is 3.45. The minimum Gasteiger partial charge on any atom is -0.332 e. The number of carbonyl (C=O) groups is 2. The average Bonchev–Trinajstić information content (AvgIpc) is 2.99. The number of rotatable bonds is 5. The van der Waals surface area contributed by atoms with Crippen molar-refractivity contribution in [2.75, 3.05) is 18.9 Å². The Kier molecular flexibility index (Phi) is 6.54. The molecule has 5 nitrogen and oxygen atoms in total. The van der Waals surface area contributed by atoms with Gasteiger partial charge in [0, 0.05) is 24.1 Å². The van der Waals surface area contributed by atoms with Gasteiger partial charge in [0.15, 0.2) is 0 Å². The third-order valence-electron chi connectivity index (χ3n) is 4.97. The molecular weight excluding hydrogens is 421 g/mol. The van der Waals surface area contributed by atoms with Gasteiger partial charge in [-0.15, -0.1) is 0 Å². The molecule has 0 atom stereocenters. The largest absolute Gasteiger partial charge is 0.332 e. The molecule has 3 rings (SSSR count). The number of para-hydroxylation sites is 2. The molecule has 3 aromatic rings. The Bertz CT molecular complexity index is 1100. The molecule has 30 heavy (non-hydrogen) atoms. The quantitative estimate of drug-likeness (QED) is 0.572. The van der Waals surface area contributed by atoms with Gasteiger partial charge in [0.05, 0.1) is 27.8 Å². The van der Waals surface area contributed by atoms with Gasteiger partial charge in [-0.2, -0.15) is 0 Å². The lowest BCUT2D eigenvalue weighted by molar-refractivity contribution is -0.116. The molecule has 7 heteroatoms. The molecule has 0 saturated carbocycles. The van der Waals surface area contributed by atoms with Crippen LogP contribution < -0.4 is 5.32 Å². The van der Waals surface area contributed by atoms with Gasteiger partial charge in [-0.3, -0.25) is 9.59 Å². The standard InChI is InChI=1S/C23H23Cl2N3O2/c1-14-8-5-6-11-20(14)28-15(2)12-17(16(28)3)23(30)27(4)13-21(29)26-22-18(24)9-7-10-19(22)25/h5-12H,13H2,1-4H3,(H,26,29). The van der Waals surface area contributed by atoms with Crippen molar-refractivity contribution in [3.8, 4) is 5.69 Å². The maximum Gasteiger partial charge on any atom is 0.255 e. The number of anilines is 1. The van der Waals surface area contributed by atoms with Crippen molar-refractivity contribution in [3.05, 3.63) is 81.1 Å². The molecule has 1 aromatic heterocycles. The van der Waals surface area contributed by atoms with Gasteiger partial charge < -0.3 is 14.8 Å². The van der Waals surface area contributed by atoms with Gasteiger partial charge in [0.25, 0.3) is 5.91 Å². The van der Waals surface area contributed by atoms with E-state index < -0.39 is 0 Å². The Morgan fingerprint density at radius 3 is 2.27 bits per heavy atom. The fraction of sp³-hybridized carbons (Fsp3) is 0.217. The van der Waals surface area contributed by atoms with Gasteiger partial charge in [-0.05, 0) is 50.6 Å². The van der Waals surface area contributed by atoms with Crippen LogP contribution in [0.3, 0.4) is 0 Å². The van der Waals surface area contributed by atoms with Crippen LogP contribution >= 0.6 is 23.2 Å². The molecule has 0 fully saturated rings. The zero-order valence-electron chi connectivity index (χ0n) is 17.3. The summed E-state index contributed by atoms with van der Waals surface area (Å²) in [6.45, 7) is 5.77. The second-order valence-corrected chi connectivity index (χ2v) is 8.03. The summed E-state index contributed by atoms with van der Waals surface area (Å²) in [6, 6.07) is 14.8. The SMILES string of the molecule is Cc1ccccc1-n1c(C)cc(C(=O)N(C)CC(=O)Nc2c(Cl)cccc2Cl)c1C. The third kappa shape index (κ3) is 4.37. The molecule has 0 radical (unpaired) electrons. The first kappa shape index (κ1) is 21.9.